The van der Waals surface area contributed by atoms with Gasteiger partial charge in [0.25, 0.3) is 5.56 Å². The molecule has 1 fully saturated rings. The van der Waals surface area contributed by atoms with E-state index in [1.54, 1.807) is 0 Å². The third kappa shape index (κ3) is 5.30. The van der Waals surface area contributed by atoms with Crippen molar-refractivity contribution in [3.63, 3.8) is 0 Å². The molecular weight excluding hydrogens is 456 g/mol. The Balaban J connectivity index is 1.66. The summed E-state index contributed by atoms with van der Waals surface area (Å²) in [5.74, 6) is -2.89. The maximum absolute atomic E-state index is 13.4. The number of benzene rings is 1. The normalized spacial score (nSPS) is 24.2. The number of nitrogens with one attached hydrogen (secondary N) is 2. The lowest BCUT2D eigenvalue weighted by Gasteiger charge is -2.21. The average Bonchev–Trinajstić information content (AvgIpc) is 2.98. The molecule has 1 saturated heterocycles. The summed E-state index contributed by atoms with van der Waals surface area (Å²) in [5.41, 5.74) is -1.86. The number of aromatic amines is 1. The lowest BCUT2D eigenvalue weighted by Crippen LogP contribution is -2.40. The number of alkyl carbamates (subject to hydrolysis) is 1. The van der Waals surface area contributed by atoms with Gasteiger partial charge in [0.2, 0.25) is 5.85 Å². The molecule has 3 rings (SSSR count). The molecule has 13 nitrogen and oxygen atoms in total. The molecule has 5 atom stereocenters. The van der Waals surface area contributed by atoms with E-state index in [4.69, 9.17) is 9.47 Å². The van der Waals surface area contributed by atoms with Gasteiger partial charge in [-0.15, -0.1) is 0 Å². The summed E-state index contributed by atoms with van der Waals surface area (Å²) in [5, 5.41) is 22.4. The fraction of sp³-hybridized carbons (Fsp3) is 0.353. The molecule has 2 aromatic rings. The second-order valence-corrected chi connectivity index (χ2v) is 8.49. The molecule has 0 radical (unpaired) electrons. The summed E-state index contributed by atoms with van der Waals surface area (Å²) >= 11 is 0. The van der Waals surface area contributed by atoms with Crippen LogP contribution in [0.5, 0.6) is 0 Å². The van der Waals surface area contributed by atoms with Gasteiger partial charge >= 0.3 is 19.4 Å². The molecule has 1 aliphatic rings. The third-order valence-corrected chi connectivity index (χ3v) is 5.58. The molecule has 2 heterocycles. The summed E-state index contributed by atoms with van der Waals surface area (Å²) in [7, 11) is -5.04. The van der Waals surface area contributed by atoms with Crippen molar-refractivity contribution in [1.82, 2.24) is 14.9 Å². The van der Waals surface area contributed by atoms with E-state index < -0.39 is 67.7 Å². The van der Waals surface area contributed by atoms with Crippen LogP contribution in [0.2, 0.25) is 0 Å². The van der Waals surface area contributed by atoms with E-state index in [9.17, 15) is 43.3 Å². The number of amides is 1. The second-order valence-electron chi connectivity index (χ2n) is 6.85. The minimum absolute atomic E-state index is 0.279. The SMILES string of the molecule is O=C(NC[C@H]1O[C@@H](n2ccc(=O)[nH]c2=O)[C@H](O)[C@@H]1O)OC(c1cccc(F)c1)P(=O)(O)O. The smallest absolute Gasteiger partial charge is 0.408 e. The fourth-order valence-corrected chi connectivity index (χ4v) is 3.86. The van der Waals surface area contributed by atoms with Crippen molar-refractivity contribution in [2.24, 2.45) is 0 Å². The number of nitrogens with zero attached hydrogens (tertiary/aromatic N) is 1. The Hall–Kier alpha value is -2.87. The van der Waals surface area contributed by atoms with Gasteiger partial charge in [-0.2, -0.15) is 0 Å². The molecule has 0 spiro atoms. The standard InChI is InChI=1S/C17H19FN3O10P/c18-9-3-1-2-8(6-9)15(32(27,28)29)31-17(26)19-7-10-12(23)13(24)14(30-10)21-5-4-11(22)20-16(21)25/h1-6,10,12-15,23-24H,7H2,(H,19,26)(H,20,22,25)(H2,27,28,29)/t10-,12-,13-,14-,15?/m1/s1. The first-order chi connectivity index (χ1) is 15.0. The van der Waals surface area contributed by atoms with Crippen LogP contribution < -0.4 is 16.6 Å². The first-order valence-corrected chi connectivity index (χ1v) is 10.7. The van der Waals surface area contributed by atoms with Crippen LogP contribution in [0.3, 0.4) is 0 Å². The number of halogens is 1. The number of carbonyl (C=O) groups is 1. The van der Waals surface area contributed by atoms with Crippen LogP contribution in [0, 0.1) is 5.82 Å². The molecule has 15 heteroatoms. The molecule has 1 aromatic heterocycles. The zero-order valence-corrected chi connectivity index (χ0v) is 17.0. The van der Waals surface area contributed by atoms with E-state index in [2.05, 4.69) is 5.32 Å². The first kappa shape index (κ1) is 23.8. The zero-order chi connectivity index (χ0) is 23.6. The van der Waals surface area contributed by atoms with Crippen LogP contribution in [0.4, 0.5) is 9.18 Å². The Morgan fingerprint density at radius 2 is 2.00 bits per heavy atom. The van der Waals surface area contributed by atoms with Crippen molar-refractivity contribution in [2.75, 3.05) is 6.54 Å². The van der Waals surface area contributed by atoms with Crippen molar-refractivity contribution < 1.29 is 43.2 Å². The number of aliphatic hydroxyl groups is 2. The van der Waals surface area contributed by atoms with E-state index in [0.717, 1.165) is 35.0 Å². The molecule has 0 saturated carbocycles. The van der Waals surface area contributed by atoms with Gasteiger partial charge in [-0.3, -0.25) is 18.9 Å². The minimum Gasteiger partial charge on any atom is -0.428 e. The van der Waals surface area contributed by atoms with E-state index in [0.29, 0.717) is 0 Å². The van der Waals surface area contributed by atoms with Crippen molar-refractivity contribution in [3.8, 4) is 0 Å². The lowest BCUT2D eigenvalue weighted by molar-refractivity contribution is -0.0391. The highest BCUT2D eigenvalue weighted by Crippen LogP contribution is 2.52. The summed E-state index contributed by atoms with van der Waals surface area (Å²) in [6, 6.07) is 5.17. The number of rotatable bonds is 6. The highest BCUT2D eigenvalue weighted by atomic mass is 31.2. The Labute approximate surface area is 178 Å². The van der Waals surface area contributed by atoms with E-state index >= 15 is 0 Å². The van der Waals surface area contributed by atoms with Gasteiger partial charge in [0.15, 0.2) is 6.23 Å². The number of hydrogen-bond donors (Lipinski definition) is 6. The quantitative estimate of drug-likeness (QED) is 0.279. The molecule has 32 heavy (non-hydrogen) atoms. The molecule has 6 N–H and O–H groups in total. The molecule has 1 aromatic carbocycles. The van der Waals surface area contributed by atoms with Gasteiger partial charge in [0, 0.05) is 24.4 Å². The Morgan fingerprint density at radius 3 is 2.62 bits per heavy atom. The minimum atomic E-state index is -5.04. The fourth-order valence-electron chi connectivity index (χ4n) is 3.07. The predicted molar refractivity (Wildman–Crippen MR) is 103 cm³/mol. The number of H-pyrrole nitrogens is 1. The summed E-state index contributed by atoms with van der Waals surface area (Å²) in [6.45, 7) is -0.483. The summed E-state index contributed by atoms with van der Waals surface area (Å²) in [4.78, 5) is 56.0. The first-order valence-electron chi connectivity index (χ1n) is 9.05. The van der Waals surface area contributed by atoms with Gasteiger partial charge in [0.05, 0.1) is 0 Å². The molecule has 0 aliphatic carbocycles. The van der Waals surface area contributed by atoms with Crippen LogP contribution in [0.25, 0.3) is 0 Å². The molecular formula is C17H19FN3O10P. The Kier molecular flexibility index (Phi) is 6.93. The van der Waals surface area contributed by atoms with E-state index in [1.807, 2.05) is 4.98 Å². The van der Waals surface area contributed by atoms with Crippen LogP contribution in [-0.4, -0.2) is 60.5 Å². The van der Waals surface area contributed by atoms with Gasteiger partial charge < -0.3 is 34.8 Å². The van der Waals surface area contributed by atoms with Crippen LogP contribution >= 0.6 is 7.60 Å². The second kappa shape index (κ2) is 9.32. The van der Waals surface area contributed by atoms with E-state index in [-0.39, 0.29) is 5.56 Å². The van der Waals surface area contributed by atoms with Crippen LogP contribution in [0.1, 0.15) is 17.6 Å². The highest BCUT2D eigenvalue weighted by Gasteiger charge is 2.44. The average molecular weight is 475 g/mol. The maximum atomic E-state index is 13.4. The van der Waals surface area contributed by atoms with Crippen molar-refractivity contribution in [3.05, 3.63) is 68.7 Å². The number of aromatic nitrogens is 2. The molecule has 1 amide bonds. The van der Waals surface area contributed by atoms with Gasteiger partial charge in [-0.1, -0.05) is 12.1 Å². The molecule has 0 bridgehead atoms. The topological polar surface area (TPSA) is 200 Å². The van der Waals surface area contributed by atoms with Crippen molar-refractivity contribution in [2.45, 2.75) is 30.4 Å². The Morgan fingerprint density at radius 1 is 1.28 bits per heavy atom. The largest absolute Gasteiger partial charge is 0.428 e. The van der Waals surface area contributed by atoms with E-state index in [1.165, 1.54) is 6.07 Å². The zero-order valence-electron chi connectivity index (χ0n) is 16.1. The molecule has 174 valence electrons. The van der Waals surface area contributed by atoms with Crippen molar-refractivity contribution >= 4 is 13.7 Å². The monoisotopic (exact) mass is 475 g/mol. The van der Waals surface area contributed by atoms with Crippen LogP contribution in [0.15, 0.2) is 46.1 Å². The van der Waals surface area contributed by atoms with Crippen LogP contribution in [-0.2, 0) is 14.0 Å². The maximum Gasteiger partial charge on any atom is 0.408 e. The van der Waals surface area contributed by atoms with Gasteiger partial charge in [-0.05, 0) is 12.1 Å². The van der Waals surface area contributed by atoms with Gasteiger partial charge in [0.1, 0.15) is 24.1 Å². The number of carbonyl (C=O) groups excluding carboxylic acids is 1. The predicted octanol–water partition coefficient (Wildman–Crippen LogP) is -1.10. The number of ether oxygens (including phenoxy) is 2. The Bertz CT molecular complexity index is 1150. The lowest BCUT2D eigenvalue weighted by atomic mass is 10.1. The third-order valence-electron chi connectivity index (χ3n) is 4.57. The summed E-state index contributed by atoms with van der Waals surface area (Å²) in [6.07, 6.45) is -6.07. The molecule has 1 aliphatic heterocycles. The molecule has 1 unspecified atom stereocenters. The number of aliphatic hydroxyl groups excluding tert-OH is 2. The van der Waals surface area contributed by atoms with Gasteiger partial charge in [-0.25, -0.2) is 14.0 Å². The highest BCUT2D eigenvalue weighted by molar-refractivity contribution is 7.52. The number of hydrogen-bond acceptors (Lipinski definition) is 8. The van der Waals surface area contributed by atoms with Crippen molar-refractivity contribution in [1.29, 1.82) is 0 Å². The summed E-state index contributed by atoms with van der Waals surface area (Å²) < 4.78 is 36.1.